The molecule has 0 aromatic heterocycles. The number of nitrogens with one attached hydrogen (secondary N) is 2. The van der Waals surface area contributed by atoms with Crippen molar-refractivity contribution in [3.8, 4) is 0 Å². The number of rotatable bonds is 4. The van der Waals surface area contributed by atoms with E-state index in [1.165, 1.54) is 0 Å². The largest absolute Gasteiger partial charge is 0.386 e. The minimum absolute atomic E-state index is 0.0836. The topological polar surface area (TPSA) is 124 Å². The Labute approximate surface area is 83.8 Å². The van der Waals surface area contributed by atoms with Crippen LogP contribution in [-0.4, -0.2) is 22.7 Å². The Morgan fingerprint density at radius 2 is 1.57 bits per heavy atom. The van der Waals surface area contributed by atoms with Gasteiger partial charge in [0.25, 0.3) is 0 Å². The van der Waals surface area contributed by atoms with Crippen molar-refractivity contribution >= 4 is 11.5 Å². The fourth-order valence-corrected chi connectivity index (χ4v) is 0.358. The van der Waals surface area contributed by atoms with Gasteiger partial charge in [-0.15, -0.1) is 0 Å². The minimum Gasteiger partial charge on any atom is -0.386 e. The van der Waals surface area contributed by atoms with Gasteiger partial charge in [-0.25, -0.2) is 0 Å². The molecule has 0 saturated heterocycles. The molecule has 0 rings (SSSR count). The van der Waals surface area contributed by atoms with Crippen LogP contribution in [0.1, 0.15) is 27.7 Å². The van der Waals surface area contributed by atoms with E-state index >= 15 is 0 Å². The second-order valence-corrected chi connectivity index (χ2v) is 3.95. The molecule has 0 aliphatic heterocycles. The zero-order valence-corrected chi connectivity index (χ0v) is 9.05. The highest BCUT2D eigenvalue weighted by Crippen LogP contribution is 2.12. The van der Waals surface area contributed by atoms with Crippen LogP contribution in [0.4, 0.5) is 0 Å². The number of amidine groups is 1. The van der Waals surface area contributed by atoms with Crippen molar-refractivity contribution in [2.45, 2.75) is 38.9 Å². The summed E-state index contributed by atoms with van der Waals surface area (Å²) in [6.45, 7) is 6.46. The fraction of sp³-hybridized carbons (Fsp3) is 0.750. The molecule has 0 aliphatic carbocycles. The van der Waals surface area contributed by atoms with Gasteiger partial charge in [-0.2, -0.15) is 10.2 Å². The van der Waals surface area contributed by atoms with Crippen LogP contribution in [0.3, 0.4) is 0 Å². The Kier molecular flexibility index (Phi) is 3.47. The lowest BCUT2D eigenvalue weighted by molar-refractivity contribution is 0.542. The van der Waals surface area contributed by atoms with E-state index in [0.717, 1.165) is 0 Å². The van der Waals surface area contributed by atoms with E-state index in [1.807, 2.05) is 0 Å². The van der Waals surface area contributed by atoms with E-state index in [4.69, 9.17) is 22.3 Å². The molecule has 0 spiro atoms. The number of nitrogens with zero attached hydrogens (tertiary/aromatic N) is 2. The number of nitrogens with two attached hydrogens (primary N) is 2. The Hall–Kier alpha value is -1.30. The first-order chi connectivity index (χ1) is 6.09. The van der Waals surface area contributed by atoms with Gasteiger partial charge in [-0.05, 0) is 27.7 Å². The van der Waals surface area contributed by atoms with Crippen LogP contribution >= 0.6 is 0 Å². The molecular weight excluding hydrogens is 180 g/mol. The van der Waals surface area contributed by atoms with Gasteiger partial charge in [0.1, 0.15) is 11.4 Å². The fourth-order valence-electron chi connectivity index (χ4n) is 0.358. The maximum absolute atomic E-state index is 7.35. The van der Waals surface area contributed by atoms with Crippen LogP contribution < -0.4 is 11.5 Å². The third-order valence-corrected chi connectivity index (χ3v) is 1.93. The standard InChI is InChI=1S/C8H18N6/c1-5(9)8(4,12)14-13-7(2,3)6(10)11/h9H,12H2,1-4H3,(H3,10,11). The van der Waals surface area contributed by atoms with E-state index in [0.29, 0.717) is 0 Å². The van der Waals surface area contributed by atoms with E-state index in [-0.39, 0.29) is 11.5 Å². The highest BCUT2D eigenvalue weighted by atomic mass is 15.2. The predicted molar refractivity (Wildman–Crippen MR) is 56.8 cm³/mol. The van der Waals surface area contributed by atoms with Crippen LogP contribution in [-0.2, 0) is 0 Å². The van der Waals surface area contributed by atoms with Crippen molar-refractivity contribution in [3.63, 3.8) is 0 Å². The van der Waals surface area contributed by atoms with Crippen LogP contribution in [0.5, 0.6) is 0 Å². The molecule has 6 nitrogen and oxygen atoms in total. The quantitative estimate of drug-likeness (QED) is 0.304. The van der Waals surface area contributed by atoms with Gasteiger partial charge in [0.15, 0.2) is 5.66 Å². The van der Waals surface area contributed by atoms with Gasteiger partial charge in [0.05, 0.1) is 0 Å². The molecule has 14 heavy (non-hydrogen) atoms. The number of hydrogen-bond donors (Lipinski definition) is 4. The molecule has 1 atom stereocenters. The molecule has 0 saturated carbocycles. The monoisotopic (exact) mass is 198 g/mol. The summed E-state index contributed by atoms with van der Waals surface area (Å²) < 4.78 is 0. The van der Waals surface area contributed by atoms with Crippen molar-refractivity contribution in [1.82, 2.24) is 0 Å². The van der Waals surface area contributed by atoms with Gasteiger partial charge in [-0.3, -0.25) is 5.41 Å². The number of azo groups is 1. The molecule has 6 heteroatoms. The highest BCUT2D eigenvalue weighted by Gasteiger charge is 2.25. The Morgan fingerprint density at radius 3 is 1.86 bits per heavy atom. The zero-order valence-electron chi connectivity index (χ0n) is 9.05. The highest BCUT2D eigenvalue weighted by molar-refractivity contribution is 5.88. The van der Waals surface area contributed by atoms with E-state index < -0.39 is 11.2 Å². The minimum atomic E-state index is -1.12. The van der Waals surface area contributed by atoms with Crippen molar-refractivity contribution < 1.29 is 0 Å². The first-order valence-corrected chi connectivity index (χ1v) is 4.22. The summed E-state index contributed by atoms with van der Waals surface area (Å²) in [4.78, 5) is 0. The van der Waals surface area contributed by atoms with E-state index in [2.05, 4.69) is 10.2 Å². The van der Waals surface area contributed by atoms with Crippen molar-refractivity contribution in [1.29, 1.82) is 10.8 Å². The molecule has 80 valence electrons. The zero-order chi connectivity index (χ0) is 11.6. The van der Waals surface area contributed by atoms with Crippen molar-refractivity contribution in [2.24, 2.45) is 21.7 Å². The normalized spacial score (nSPS) is 16.6. The molecule has 0 aromatic rings. The van der Waals surface area contributed by atoms with E-state index in [9.17, 15) is 0 Å². The lowest BCUT2D eigenvalue weighted by Crippen LogP contribution is -2.42. The van der Waals surface area contributed by atoms with E-state index in [1.54, 1.807) is 27.7 Å². The molecule has 0 aliphatic rings. The third kappa shape index (κ3) is 3.21. The average Bonchev–Trinajstić information content (AvgIpc) is 2.01. The molecule has 0 radical (unpaired) electrons. The molecule has 0 fully saturated rings. The van der Waals surface area contributed by atoms with Gasteiger partial charge in [0.2, 0.25) is 0 Å². The second-order valence-electron chi connectivity index (χ2n) is 3.95. The van der Waals surface area contributed by atoms with Crippen LogP contribution in [0, 0.1) is 10.8 Å². The molecule has 0 aromatic carbocycles. The maximum atomic E-state index is 7.35. The van der Waals surface area contributed by atoms with Crippen LogP contribution in [0.2, 0.25) is 0 Å². The summed E-state index contributed by atoms with van der Waals surface area (Å²) in [5.74, 6) is -0.0836. The molecule has 0 bridgehead atoms. The summed E-state index contributed by atoms with van der Waals surface area (Å²) in [7, 11) is 0. The Balaban J connectivity index is 4.76. The van der Waals surface area contributed by atoms with Crippen molar-refractivity contribution in [2.75, 3.05) is 0 Å². The molecular formula is C8H18N6. The Bertz CT molecular complexity index is 248. The van der Waals surface area contributed by atoms with Crippen LogP contribution in [0.15, 0.2) is 10.2 Å². The Morgan fingerprint density at radius 1 is 1.14 bits per heavy atom. The van der Waals surface area contributed by atoms with Crippen LogP contribution in [0.25, 0.3) is 0 Å². The third-order valence-electron chi connectivity index (χ3n) is 1.93. The first-order valence-electron chi connectivity index (χ1n) is 4.22. The molecule has 0 amide bonds. The summed E-state index contributed by atoms with van der Waals surface area (Å²) in [5, 5.41) is 22.3. The summed E-state index contributed by atoms with van der Waals surface area (Å²) in [6.07, 6.45) is 0. The molecule has 1 unspecified atom stereocenters. The SMILES string of the molecule is CC(=N)C(C)(N)N=NC(C)(C)C(=N)N. The summed E-state index contributed by atoms with van der Waals surface area (Å²) >= 11 is 0. The summed E-state index contributed by atoms with van der Waals surface area (Å²) in [6, 6.07) is 0. The lowest BCUT2D eigenvalue weighted by Gasteiger charge is -2.21. The molecule has 6 N–H and O–H groups in total. The summed E-state index contributed by atoms with van der Waals surface area (Å²) in [5.41, 5.74) is 9.21. The average molecular weight is 198 g/mol. The smallest absolute Gasteiger partial charge is 0.164 e. The predicted octanol–water partition coefficient (Wildman–Crippen LogP) is 0.868. The van der Waals surface area contributed by atoms with Gasteiger partial charge in [-0.1, -0.05) is 0 Å². The van der Waals surface area contributed by atoms with Crippen molar-refractivity contribution in [3.05, 3.63) is 0 Å². The van der Waals surface area contributed by atoms with Gasteiger partial charge >= 0.3 is 0 Å². The lowest BCUT2D eigenvalue weighted by atomic mass is 10.1. The number of hydrogen-bond acceptors (Lipinski definition) is 5. The molecule has 0 heterocycles. The maximum Gasteiger partial charge on any atom is 0.164 e. The second kappa shape index (κ2) is 3.83. The van der Waals surface area contributed by atoms with Gasteiger partial charge < -0.3 is 16.9 Å². The van der Waals surface area contributed by atoms with Gasteiger partial charge in [0, 0.05) is 5.71 Å². The first kappa shape index (κ1) is 12.7.